The molecule has 2 aliphatic carbocycles. The topological polar surface area (TPSA) is 17.1 Å². The lowest BCUT2D eigenvalue weighted by Crippen LogP contribution is -2.07. The Morgan fingerprint density at radius 1 is 1.29 bits per heavy atom. The molecular weight excluding hydrogens is 172 g/mol. The van der Waals surface area contributed by atoms with Gasteiger partial charge in [0.2, 0.25) is 0 Å². The lowest BCUT2D eigenvalue weighted by Gasteiger charge is -2.08. The first-order valence-electron chi connectivity index (χ1n) is 5.41. The monoisotopic (exact) mass is 186 g/mol. The summed E-state index contributed by atoms with van der Waals surface area (Å²) in [6.45, 7) is 0. The molecule has 14 heavy (non-hydrogen) atoms. The number of hydrogen-bond acceptors (Lipinski definition) is 1. The highest BCUT2D eigenvalue weighted by atomic mass is 16.1. The summed E-state index contributed by atoms with van der Waals surface area (Å²) in [5.41, 5.74) is 2.60. The predicted molar refractivity (Wildman–Crippen MR) is 55.4 cm³/mol. The minimum atomic E-state index is -0.0924. The van der Waals surface area contributed by atoms with E-state index in [1.54, 1.807) is 0 Å². The Morgan fingerprint density at radius 2 is 2.07 bits per heavy atom. The summed E-state index contributed by atoms with van der Waals surface area (Å²) < 4.78 is 0. The lowest BCUT2D eigenvalue weighted by molar-refractivity contribution is -0.109. The van der Waals surface area contributed by atoms with Gasteiger partial charge in [0.05, 0.1) is 5.41 Å². The first kappa shape index (κ1) is 8.22. The van der Waals surface area contributed by atoms with Crippen molar-refractivity contribution < 1.29 is 4.79 Å². The maximum atomic E-state index is 11.0. The minimum absolute atomic E-state index is 0.0924. The van der Waals surface area contributed by atoms with Gasteiger partial charge in [-0.2, -0.15) is 0 Å². The van der Waals surface area contributed by atoms with Crippen molar-refractivity contribution in [3.05, 3.63) is 35.4 Å². The number of rotatable bonds is 3. The molecular formula is C13H14O. The molecule has 0 bridgehead atoms. The van der Waals surface area contributed by atoms with E-state index >= 15 is 0 Å². The fourth-order valence-electron chi connectivity index (χ4n) is 2.13. The second-order valence-corrected chi connectivity index (χ2v) is 4.67. The molecule has 0 atom stereocenters. The molecule has 1 aromatic carbocycles. The summed E-state index contributed by atoms with van der Waals surface area (Å²) in [4.78, 5) is 11.0. The maximum Gasteiger partial charge on any atom is 0.130 e. The number of aldehydes is 1. The standard InChI is InChI=1S/C13H14O/c14-9-13(6-7-13)12-3-1-2-11(8-12)10-4-5-10/h1-3,8-10H,4-7H2. The van der Waals surface area contributed by atoms with E-state index in [0.29, 0.717) is 0 Å². The number of carbonyl (C=O) groups is 1. The van der Waals surface area contributed by atoms with Crippen molar-refractivity contribution in [2.75, 3.05) is 0 Å². The van der Waals surface area contributed by atoms with E-state index in [1.165, 1.54) is 24.0 Å². The van der Waals surface area contributed by atoms with Crippen molar-refractivity contribution >= 4 is 6.29 Å². The van der Waals surface area contributed by atoms with E-state index in [-0.39, 0.29) is 5.41 Å². The first-order valence-corrected chi connectivity index (χ1v) is 5.41. The molecule has 0 saturated heterocycles. The number of carbonyl (C=O) groups excluding carboxylic acids is 1. The average Bonchev–Trinajstić information content (AvgIpc) is 3.12. The van der Waals surface area contributed by atoms with Gasteiger partial charge in [-0.3, -0.25) is 0 Å². The summed E-state index contributed by atoms with van der Waals surface area (Å²) >= 11 is 0. The summed E-state index contributed by atoms with van der Waals surface area (Å²) in [6.07, 6.45) is 5.89. The fraction of sp³-hybridized carbons (Fsp3) is 0.462. The fourth-order valence-corrected chi connectivity index (χ4v) is 2.13. The molecule has 0 aromatic heterocycles. The molecule has 2 fully saturated rings. The van der Waals surface area contributed by atoms with Crippen LogP contribution in [0.25, 0.3) is 0 Å². The highest BCUT2D eigenvalue weighted by molar-refractivity contribution is 5.73. The van der Waals surface area contributed by atoms with Crippen LogP contribution in [-0.4, -0.2) is 6.29 Å². The van der Waals surface area contributed by atoms with Crippen molar-refractivity contribution in [1.29, 1.82) is 0 Å². The molecule has 0 heterocycles. The Hall–Kier alpha value is -1.11. The zero-order valence-electron chi connectivity index (χ0n) is 8.20. The van der Waals surface area contributed by atoms with Gasteiger partial charge >= 0.3 is 0 Å². The molecule has 1 heteroatoms. The van der Waals surface area contributed by atoms with Crippen molar-refractivity contribution in [3.63, 3.8) is 0 Å². The summed E-state index contributed by atoms with van der Waals surface area (Å²) in [5, 5.41) is 0. The van der Waals surface area contributed by atoms with Crippen molar-refractivity contribution in [2.24, 2.45) is 0 Å². The van der Waals surface area contributed by atoms with E-state index in [0.717, 1.165) is 25.0 Å². The van der Waals surface area contributed by atoms with Crippen molar-refractivity contribution in [3.8, 4) is 0 Å². The predicted octanol–water partition coefficient (Wildman–Crippen LogP) is 2.79. The van der Waals surface area contributed by atoms with Crippen LogP contribution >= 0.6 is 0 Å². The Balaban J connectivity index is 1.97. The third kappa shape index (κ3) is 1.19. The number of benzene rings is 1. The van der Waals surface area contributed by atoms with Crippen LogP contribution in [0.5, 0.6) is 0 Å². The van der Waals surface area contributed by atoms with Crippen LogP contribution in [0.15, 0.2) is 24.3 Å². The summed E-state index contributed by atoms with van der Waals surface area (Å²) in [5.74, 6) is 0.789. The Kier molecular flexibility index (Phi) is 1.58. The van der Waals surface area contributed by atoms with E-state index in [4.69, 9.17) is 0 Å². The number of hydrogen-bond donors (Lipinski definition) is 0. The zero-order chi connectivity index (χ0) is 9.60. The van der Waals surface area contributed by atoms with Crippen LogP contribution in [0.4, 0.5) is 0 Å². The van der Waals surface area contributed by atoms with Gasteiger partial charge in [0.15, 0.2) is 0 Å². The van der Waals surface area contributed by atoms with E-state index in [1.807, 2.05) is 0 Å². The molecule has 0 N–H and O–H groups in total. The summed E-state index contributed by atoms with van der Waals surface area (Å²) in [7, 11) is 0. The van der Waals surface area contributed by atoms with Crippen LogP contribution in [0.3, 0.4) is 0 Å². The van der Waals surface area contributed by atoms with E-state index in [2.05, 4.69) is 24.3 Å². The molecule has 0 radical (unpaired) electrons. The van der Waals surface area contributed by atoms with Crippen LogP contribution in [0.1, 0.15) is 42.7 Å². The van der Waals surface area contributed by atoms with Gasteiger partial charge in [-0.1, -0.05) is 24.3 Å². The van der Waals surface area contributed by atoms with Crippen molar-refractivity contribution in [2.45, 2.75) is 37.0 Å². The van der Waals surface area contributed by atoms with Gasteiger partial charge in [-0.25, -0.2) is 0 Å². The van der Waals surface area contributed by atoms with Gasteiger partial charge in [0.25, 0.3) is 0 Å². The van der Waals surface area contributed by atoms with Gasteiger partial charge < -0.3 is 4.79 Å². The molecule has 3 rings (SSSR count). The molecule has 2 aliphatic rings. The third-order valence-electron chi connectivity index (χ3n) is 3.52. The highest BCUT2D eigenvalue weighted by Crippen LogP contribution is 2.48. The second kappa shape index (κ2) is 2.69. The Morgan fingerprint density at radius 3 is 2.64 bits per heavy atom. The molecule has 1 aromatic rings. The zero-order valence-corrected chi connectivity index (χ0v) is 8.20. The van der Waals surface area contributed by atoms with Gasteiger partial charge in [0.1, 0.15) is 6.29 Å². The van der Waals surface area contributed by atoms with Crippen LogP contribution in [-0.2, 0) is 10.2 Å². The van der Waals surface area contributed by atoms with E-state index in [9.17, 15) is 4.79 Å². The van der Waals surface area contributed by atoms with Gasteiger partial charge in [0, 0.05) is 0 Å². The molecule has 0 amide bonds. The van der Waals surface area contributed by atoms with Crippen LogP contribution < -0.4 is 0 Å². The lowest BCUT2D eigenvalue weighted by atomic mass is 9.95. The summed E-state index contributed by atoms with van der Waals surface area (Å²) in [6, 6.07) is 8.65. The van der Waals surface area contributed by atoms with Crippen molar-refractivity contribution in [1.82, 2.24) is 0 Å². The molecule has 2 saturated carbocycles. The van der Waals surface area contributed by atoms with E-state index < -0.39 is 0 Å². The third-order valence-corrected chi connectivity index (χ3v) is 3.52. The normalized spacial score (nSPS) is 23.1. The highest BCUT2D eigenvalue weighted by Gasteiger charge is 2.44. The smallest absolute Gasteiger partial charge is 0.130 e. The largest absolute Gasteiger partial charge is 0.302 e. The van der Waals surface area contributed by atoms with Crippen LogP contribution in [0.2, 0.25) is 0 Å². The SMILES string of the molecule is O=CC1(c2cccc(C3CC3)c2)CC1. The molecule has 72 valence electrons. The Labute approximate surface area is 84.1 Å². The average molecular weight is 186 g/mol. The molecule has 1 nitrogen and oxygen atoms in total. The molecule has 0 unspecified atom stereocenters. The second-order valence-electron chi connectivity index (χ2n) is 4.67. The van der Waals surface area contributed by atoms with Crippen LogP contribution in [0, 0.1) is 0 Å². The van der Waals surface area contributed by atoms with Gasteiger partial charge in [-0.05, 0) is 42.7 Å². The Bertz CT molecular complexity index is 373. The quantitative estimate of drug-likeness (QED) is 0.663. The minimum Gasteiger partial charge on any atom is -0.302 e. The first-order chi connectivity index (χ1) is 6.84. The maximum absolute atomic E-state index is 11.0. The molecule has 0 spiro atoms. The molecule has 0 aliphatic heterocycles. The van der Waals surface area contributed by atoms with Gasteiger partial charge in [-0.15, -0.1) is 0 Å².